The summed E-state index contributed by atoms with van der Waals surface area (Å²) in [5.74, 6) is 1.15. The molecule has 1 amide bonds. The van der Waals surface area contributed by atoms with Crippen LogP contribution in [0.1, 0.15) is 5.82 Å². The molecule has 2 aromatic rings. The number of thioether (sulfide) groups is 1. The number of hydrogen-bond acceptors (Lipinski definition) is 6. The lowest BCUT2D eigenvalue weighted by atomic mass is 10.3. The first-order chi connectivity index (χ1) is 12.1. The Hall–Kier alpha value is -1.17. The van der Waals surface area contributed by atoms with Crippen molar-refractivity contribution in [3.8, 4) is 0 Å². The Bertz CT molecular complexity index is 716. The number of aromatic nitrogens is 3. The van der Waals surface area contributed by atoms with Gasteiger partial charge in [-0.1, -0.05) is 11.8 Å². The van der Waals surface area contributed by atoms with E-state index in [0.717, 1.165) is 53.1 Å². The minimum Gasteiger partial charge on any atom is -0.379 e. The summed E-state index contributed by atoms with van der Waals surface area (Å²) < 4.78 is 8.45. The molecular formula is C16H20IN5O2S. The molecule has 9 heteroatoms. The second kappa shape index (κ2) is 8.97. The van der Waals surface area contributed by atoms with Gasteiger partial charge in [0.15, 0.2) is 5.16 Å². The van der Waals surface area contributed by atoms with Gasteiger partial charge in [0.25, 0.3) is 0 Å². The topological polar surface area (TPSA) is 72.3 Å². The smallest absolute Gasteiger partial charge is 0.234 e. The molecular weight excluding hydrogens is 453 g/mol. The number of hydrogen-bond donors (Lipinski definition) is 1. The molecule has 0 atom stereocenters. The van der Waals surface area contributed by atoms with Gasteiger partial charge in [-0.15, -0.1) is 10.2 Å². The SMILES string of the molecule is Cn1c(CN2CCOCC2)nnc1SCC(=O)Nc1ccc(I)cc1. The Morgan fingerprint density at radius 1 is 1.28 bits per heavy atom. The lowest BCUT2D eigenvalue weighted by Crippen LogP contribution is -2.36. The molecule has 0 spiro atoms. The van der Waals surface area contributed by atoms with Crippen molar-refractivity contribution in [2.45, 2.75) is 11.7 Å². The van der Waals surface area contributed by atoms with Crippen LogP contribution in [0.4, 0.5) is 5.69 Å². The summed E-state index contributed by atoms with van der Waals surface area (Å²) in [5.41, 5.74) is 0.803. The van der Waals surface area contributed by atoms with Crippen LogP contribution in [-0.2, 0) is 23.1 Å². The number of amides is 1. The average Bonchev–Trinajstić information content (AvgIpc) is 2.96. The van der Waals surface area contributed by atoms with Gasteiger partial charge in [-0.3, -0.25) is 9.69 Å². The first kappa shape index (κ1) is 18.6. The predicted octanol–water partition coefficient (Wildman–Crippen LogP) is 1.98. The summed E-state index contributed by atoms with van der Waals surface area (Å²) in [6.07, 6.45) is 0. The van der Waals surface area contributed by atoms with E-state index in [1.165, 1.54) is 11.8 Å². The van der Waals surface area contributed by atoms with Crippen LogP contribution in [0, 0.1) is 3.57 Å². The lowest BCUT2D eigenvalue weighted by Gasteiger charge is -2.25. The Kier molecular flexibility index (Phi) is 6.68. The second-order valence-corrected chi connectivity index (χ2v) is 7.88. The Morgan fingerprint density at radius 3 is 2.72 bits per heavy atom. The largest absolute Gasteiger partial charge is 0.379 e. The van der Waals surface area contributed by atoms with Crippen molar-refractivity contribution >= 4 is 45.9 Å². The summed E-state index contributed by atoms with van der Waals surface area (Å²) in [4.78, 5) is 14.4. The standard InChI is InChI=1S/C16H20IN5O2S/c1-21-14(10-22-6-8-24-9-7-22)19-20-16(21)25-11-15(23)18-13-4-2-12(17)3-5-13/h2-5H,6-11H2,1H3,(H,18,23). The molecule has 0 aliphatic carbocycles. The minimum atomic E-state index is -0.0519. The van der Waals surface area contributed by atoms with Crippen LogP contribution in [0.3, 0.4) is 0 Å². The molecule has 1 aliphatic heterocycles. The monoisotopic (exact) mass is 473 g/mol. The van der Waals surface area contributed by atoms with Crippen LogP contribution in [0.2, 0.25) is 0 Å². The third kappa shape index (κ3) is 5.40. The zero-order valence-corrected chi connectivity index (χ0v) is 16.9. The molecule has 0 bridgehead atoms. The highest BCUT2D eigenvalue weighted by molar-refractivity contribution is 14.1. The zero-order valence-electron chi connectivity index (χ0n) is 13.9. The third-order valence-electron chi connectivity index (χ3n) is 3.85. The van der Waals surface area contributed by atoms with E-state index in [-0.39, 0.29) is 5.91 Å². The van der Waals surface area contributed by atoms with E-state index in [4.69, 9.17) is 4.74 Å². The fourth-order valence-electron chi connectivity index (χ4n) is 2.43. The normalized spacial score (nSPS) is 15.3. The number of ether oxygens (including phenoxy) is 1. The summed E-state index contributed by atoms with van der Waals surface area (Å²) in [7, 11) is 1.94. The molecule has 1 saturated heterocycles. The van der Waals surface area contributed by atoms with Gasteiger partial charge in [0, 0.05) is 29.4 Å². The summed E-state index contributed by atoms with van der Waals surface area (Å²) in [6.45, 7) is 4.10. The van der Waals surface area contributed by atoms with E-state index in [0.29, 0.717) is 5.75 Å². The number of nitrogens with zero attached hydrogens (tertiary/aromatic N) is 4. The first-order valence-electron chi connectivity index (χ1n) is 7.98. The maximum Gasteiger partial charge on any atom is 0.234 e. The average molecular weight is 473 g/mol. The van der Waals surface area contributed by atoms with E-state index < -0.39 is 0 Å². The predicted molar refractivity (Wildman–Crippen MR) is 106 cm³/mol. The maximum absolute atomic E-state index is 12.1. The number of anilines is 1. The van der Waals surface area contributed by atoms with Crippen molar-refractivity contribution in [2.24, 2.45) is 7.05 Å². The molecule has 1 aliphatic rings. The second-order valence-electron chi connectivity index (χ2n) is 5.69. The summed E-state index contributed by atoms with van der Waals surface area (Å²) >= 11 is 3.63. The van der Waals surface area contributed by atoms with Crippen LogP contribution < -0.4 is 5.32 Å². The van der Waals surface area contributed by atoms with E-state index in [1.807, 2.05) is 35.9 Å². The van der Waals surface area contributed by atoms with Crippen LogP contribution >= 0.6 is 34.4 Å². The number of nitrogens with one attached hydrogen (secondary N) is 1. The van der Waals surface area contributed by atoms with E-state index in [1.54, 1.807) is 0 Å². The van der Waals surface area contributed by atoms with Gasteiger partial charge in [0.2, 0.25) is 5.91 Å². The number of benzene rings is 1. The molecule has 0 radical (unpaired) electrons. The Labute approximate surface area is 164 Å². The Morgan fingerprint density at radius 2 is 2.00 bits per heavy atom. The van der Waals surface area contributed by atoms with Crippen molar-refractivity contribution in [1.29, 1.82) is 0 Å². The van der Waals surface area contributed by atoms with Crippen molar-refractivity contribution in [3.05, 3.63) is 33.7 Å². The fraction of sp³-hybridized carbons (Fsp3) is 0.438. The zero-order chi connectivity index (χ0) is 17.6. The highest BCUT2D eigenvalue weighted by Gasteiger charge is 2.16. The van der Waals surface area contributed by atoms with Crippen molar-refractivity contribution in [2.75, 3.05) is 37.4 Å². The molecule has 1 aromatic heterocycles. The molecule has 2 heterocycles. The molecule has 134 valence electrons. The van der Waals surface area contributed by atoms with Crippen molar-refractivity contribution in [1.82, 2.24) is 19.7 Å². The number of carbonyl (C=O) groups is 1. The van der Waals surface area contributed by atoms with Gasteiger partial charge in [0.05, 0.1) is 25.5 Å². The molecule has 0 unspecified atom stereocenters. The molecule has 7 nitrogen and oxygen atoms in total. The van der Waals surface area contributed by atoms with E-state index >= 15 is 0 Å². The fourth-order valence-corrected chi connectivity index (χ4v) is 3.52. The molecule has 1 aromatic carbocycles. The Balaban J connectivity index is 1.50. The van der Waals surface area contributed by atoms with Crippen LogP contribution in [0.25, 0.3) is 0 Å². The van der Waals surface area contributed by atoms with Gasteiger partial charge in [-0.2, -0.15) is 0 Å². The third-order valence-corrected chi connectivity index (χ3v) is 5.59. The van der Waals surface area contributed by atoms with Gasteiger partial charge in [-0.25, -0.2) is 0 Å². The first-order valence-corrected chi connectivity index (χ1v) is 10.0. The number of carbonyl (C=O) groups excluding carboxylic acids is 1. The van der Waals surface area contributed by atoms with Gasteiger partial charge in [-0.05, 0) is 46.9 Å². The highest BCUT2D eigenvalue weighted by Crippen LogP contribution is 2.18. The molecule has 1 N–H and O–H groups in total. The quantitative estimate of drug-likeness (QED) is 0.511. The molecule has 1 fully saturated rings. The molecule has 3 rings (SSSR count). The summed E-state index contributed by atoms with van der Waals surface area (Å²) in [5, 5.41) is 12.1. The van der Waals surface area contributed by atoms with E-state index in [2.05, 4.69) is 43.0 Å². The number of rotatable bonds is 6. The van der Waals surface area contributed by atoms with Gasteiger partial charge < -0.3 is 14.6 Å². The van der Waals surface area contributed by atoms with Crippen molar-refractivity contribution in [3.63, 3.8) is 0 Å². The van der Waals surface area contributed by atoms with Gasteiger partial charge >= 0.3 is 0 Å². The van der Waals surface area contributed by atoms with Crippen LogP contribution in [0.5, 0.6) is 0 Å². The maximum atomic E-state index is 12.1. The lowest BCUT2D eigenvalue weighted by molar-refractivity contribution is -0.113. The minimum absolute atomic E-state index is 0.0519. The van der Waals surface area contributed by atoms with E-state index in [9.17, 15) is 4.79 Å². The molecule has 0 saturated carbocycles. The number of halogens is 1. The molecule has 25 heavy (non-hydrogen) atoms. The summed E-state index contributed by atoms with van der Waals surface area (Å²) in [6, 6.07) is 7.72. The highest BCUT2D eigenvalue weighted by atomic mass is 127. The van der Waals surface area contributed by atoms with Gasteiger partial charge in [0.1, 0.15) is 5.82 Å². The number of morpholine rings is 1. The van der Waals surface area contributed by atoms with Crippen LogP contribution in [-0.4, -0.2) is 57.6 Å². The van der Waals surface area contributed by atoms with Crippen molar-refractivity contribution < 1.29 is 9.53 Å². The van der Waals surface area contributed by atoms with Crippen LogP contribution in [0.15, 0.2) is 29.4 Å².